The van der Waals surface area contributed by atoms with E-state index in [-0.39, 0.29) is 11.2 Å². The van der Waals surface area contributed by atoms with Crippen LogP contribution >= 0.6 is 0 Å². The normalized spacial score (nSPS) is 24.6. The molecule has 0 amide bonds. The van der Waals surface area contributed by atoms with E-state index in [1.165, 1.54) is 22.9 Å². The van der Waals surface area contributed by atoms with E-state index in [1.54, 1.807) is 7.05 Å². The van der Waals surface area contributed by atoms with Crippen LogP contribution in [-0.2, 0) is 27.2 Å². The minimum absolute atomic E-state index is 0.260. The molecular formula is C17H28N5O2+. The molecule has 1 N–H and O–H groups in total. The number of hydrogen-bond donors (Lipinski definition) is 1. The molecule has 1 saturated heterocycles. The van der Waals surface area contributed by atoms with Crippen molar-refractivity contribution in [3.05, 3.63) is 26.7 Å². The SMILES string of the molecule is CCn1c(C[NH+]2C[C@@H](C)C[C@H](C)C2)nc2c1c(=O)n(C)c(=O)n2C. The van der Waals surface area contributed by atoms with Gasteiger partial charge in [0.2, 0.25) is 0 Å². The van der Waals surface area contributed by atoms with Crippen LogP contribution in [-0.4, -0.2) is 31.8 Å². The third kappa shape index (κ3) is 2.70. The van der Waals surface area contributed by atoms with E-state index in [1.807, 2.05) is 11.5 Å². The summed E-state index contributed by atoms with van der Waals surface area (Å²) in [6, 6.07) is 0. The minimum atomic E-state index is -0.327. The Labute approximate surface area is 141 Å². The van der Waals surface area contributed by atoms with Crippen LogP contribution in [0.2, 0.25) is 0 Å². The maximum absolute atomic E-state index is 12.6. The first-order chi connectivity index (χ1) is 11.3. The van der Waals surface area contributed by atoms with Gasteiger partial charge in [-0.2, -0.15) is 0 Å². The van der Waals surface area contributed by atoms with Gasteiger partial charge in [-0.05, 0) is 13.3 Å². The lowest BCUT2D eigenvalue weighted by Gasteiger charge is -2.31. The Morgan fingerprint density at radius 1 is 1.12 bits per heavy atom. The zero-order chi connectivity index (χ0) is 17.6. The smallest absolute Gasteiger partial charge is 0.328 e. The predicted octanol–water partition coefficient (Wildman–Crippen LogP) is -0.486. The van der Waals surface area contributed by atoms with Crippen molar-refractivity contribution >= 4 is 11.2 Å². The maximum atomic E-state index is 12.6. The van der Waals surface area contributed by atoms with Crippen molar-refractivity contribution in [3.63, 3.8) is 0 Å². The lowest BCUT2D eigenvalue weighted by molar-refractivity contribution is -0.926. The molecule has 0 aliphatic carbocycles. The zero-order valence-electron chi connectivity index (χ0n) is 15.3. The van der Waals surface area contributed by atoms with Crippen molar-refractivity contribution in [1.82, 2.24) is 18.7 Å². The number of piperidine rings is 1. The van der Waals surface area contributed by atoms with Crippen LogP contribution in [0.3, 0.4) is 0 Å². The third-order valence-electron chi connectivity index (χ3n) is 5.23. The number of likely N-dealkylation sites (tertiary alicyclic amines) is 1. The molecule has 2 atom stereocenters. The Morgan fingerprint density at radius 3 is 2.33 bits per heavy atom. The summed E-state index contributed by atoms with van der Waals surface area (Å²) in [6.07, 6.45) is 1.28. The number of nitrogens with one attached hydrogen (secondary N) is 1. The van der Waals surface area contributed by atoms with Crippen molar-refractivity contribution in [2.45, 2.75) is 40.3 Å². The number of hydrogen-bond acceptors (Lipinski definition) is 3. The summed E-state index contributed by atoms with van der Waals surface area (Å²) in [5.41, 5.74) is 0.448. The highest BCUT2D eigenvalue weighted by molar-refractivity contribution is 5.71. The molecule has 0 radical (unpaired) electrons. The molecule has 2 aromatic heterocycles. The van der Waals surface area contributed by atoms with Gasteiger partial charge >= 0.3 is 5.69 Å². The standard InChI is InChI=1S/C17H27N5O2/c1-6-22-13(10-21-8-11(2)7-12(3)9-21)18-15-14(22)16(23)20(5)17(24)19(15)4/h11-12H,6-10H2,1-5H3/p+1/t11-,12-/m0/s1. The molecule has 1 aliphatic rings. The summed E-state index contributed by atoms with van der Waals surface area (Å²) < 4.78 is 4.62. The molecule has 0 saturated carbocycles. The zero-order valence-corrected chi connectivity index (χ0v) is 15.3. The monoisotopic (exact) mass is 334 g/mol. The number of rotatable bonds is 3. The number of quaternary nitrogens is 1. The van der Waals surface area contributed by atoms with Crippen molar-refractivity contribution in [3.8, 4) is 0 Å². The van der Waals surface area contributed by atoms with Crippen molar-refractivity contribution in [2.24, 2.45) is 25.9 Å². The Morgan fingerprint density at radius 2 is 1.75 bits per heavy atom. The molecule has 24 heavy (non-hydrogen) atoms. The summed E-state index contributed by atoms with van der Waals surface area (Å²) >= 11 is 0. The number of aromatic nitrogens is 4. The number of aryl methyl sites for hydroxylation is 2. The number of imidazole rings is 1. The van der Waals surface area contributed by atoms with Crippen LogP contribution in [0.1, 0.15) is 33.0 Å². The van der Waals surface area contributed by atoms with Gasteiger partial charge in [0.25, 0.3) is 5.56 Å². The highest BCUT2D eigenvalue weighted by atomic mass is 16.2. The fourth-order valence-corrected chi connectivity index (χ4v) is 4.26. The molecule has 0 bridgehead atoms. The fraction of sp³-hybridized carbons (Fsp3) is 0.706. The Balaban J connectivity index is 2.09. The van der Waals surface area contributed by atoms with Gasteiger partial charge in [-0.3, -0.25) is 13.9 Å². The van der Waals surface area contributed by atoms with Gasteiger partial charge in [0.1, 0.15) is 6.54 Å². The first-order valence-electron chi connectivity index (χ1n) is 8.82. The molecule has 3 rings (SSSR count). The molecule has 1 fully saturated rings. The van der Waals surface area contributed by atoms with E-state index < -0.39 is 0 Å². The Hall–Kier alpha value is -1.89. The van der Waals surface area contributed by atoms with Crippen LogP contribution < -0.4 is 16.1 Å². The van der Waals surface area contributed by atoms with Gasteiger partial charge in [0.05, 0.1) is 13.1 Å². The summed E-state index contributed by atoms with van der Waals surface area (Å²) in [6.45, 7) is 10.4. The second-order valence-electron chi connectivity index (χ2n) is 7.43. The molecule has 2 aromatic rings. The fourth-order valence-electron chi connectivity index (χ4n) is 4.26. The first kappa shape index (κ1) is 17.0. The molecule has 7 nitrogen and oxygen atoms in total. The van der Waals surface area contributed by atoms with Crippen LogP contribution in [0.25, 0.3) is 11.2 Å². The van der Waals surface area contributed by atoms with Gasteiger partial charge < -0.3 is 9.47 Å². The second kappa shape index (κ2) is 6.20. The summed E-state index contributed by atoms with van der Waals surface area (Å²) in [4.78, 5) is 30.9. The van der Waals surface area contributed by atoms with E-state index in [0.29, 0.717) is 29.5 Å². The lowest BCUT2D eigenvalue weighted by atomic mass is 9.92. The maximum Gasteiger partial charge on any atom is 0.332 e. The van der Waals surface area contributed by atoms with Crippen LogP contribution in [0.4, 0.5) is 0 Å². The average Bonchev–Trinajstić information content (AvgIpc) is 2.88. The highest BCUT2D eigenvalue weighted by Crippen LogP contribution is 2.14. The summed E-state index contributed by atoms with van der Waals surface area (Å²) in [5.74, 6) is 2.32. The number of nitrogens with zero attached hydrogens (tertiary/aromatic N) is 4. The molecule has 0 unspecified atom stereocenters. The van der Waals surface area contributed by atoms with Crippen molar-refractivity contribution < 1.29 is 4.90 Å². The molecule has 0 spiro atoms. The van der Waals surface area contributed by atoms with Crippen molar-refractivity contribution in [2.75, 3.05) is 13.1 Å². The quantitative estimate of drug-likeness (QED) is 0.824. The van der Waals surface area contributed by atoms with Crippen LogP contribution in [0.5, 0.6) is 0 Å². The van der Waals surface area contributed by atoms with Gasteiger partial charge in [0.15, 0.2) is 17.0 Å². The van der Waals surface area contributed by atoms with Gasteiger partial charge in [-0.25, -0.2) is 9.78 Å². The summed E-state index contributed by atoms with van der Waals surface area (Å²) in [7, 11) is 3.20. The average molecular weight is 334 g/mol. The third-order valence-corrected chi connectivity index (χ3v) is 5.23. The topological polar surface area (TPSA) is 66.3 Å². The van der Waals surface area contributed by atoms with E-state index >= 15 is 0 Å². The highest BCUT2D eigenvalue weighted by Gasteiger charge is 2.27. The van der Waals surface area contributed by atoms with E-state index in [9.17, 15) is 9.59 Å². The first-order valence-corrected chi connectivity index (χ1v) is 8.82. The molecule has 132 valence electrons. The van der Waals surface area contributed by atoms with Crippen LogP contribution in [0.15, 0.2) is 9.59 Å². The largest absolute Gasteiger partial charge is 0.332 e. The van der Waals surface area contributed by atoms with Crippen LogP contribution in [0, 0.1) is 11.8 Å². The van der Waals surface area contributed by atoms with Gasteiger partial charge in [-0.1, -0.05) is 13.8 Å². The van der Waals surface area contributed by atoms with E-state index in [2.05, 4.69) is 18.8 Å². The number of fused-ring (bicyclic) bond motifs is 1. The lowest BCUT2D eigenvalue weighted by Crippen LogP contribution is -3.13. The molecule has 7 heteroatoms. The van der Waals surface area contributed by atoms with Gasteiger partial charge in [0, 0.05) is 32.5 Å². The summed E-state index contributed by atoms with van der Waals surface area (Å²) in [5, 5.41) is 0. The molecule has 3 heterocycles. The Bertz CT molecular complexity index is 866. The van der Waals surface area contributed by atoms with E-state index in [0.717, 1.165) is 30.0 Å². The van der Waals surface area contributed by atoms with E-state index in [4.69, 9.17) is 0 Å². The predicted molar refractivity (Wildman–Crippen MR) is 93.2 cm³/mol. The molecular weight excluding hydrogens is 306 g/mol. The Kier molecular flexibility index (Phi) is 4.38. The minimum Gasteiger partial charge on any atom is -0.328 e. The molecule has 1 aliphatic heterocycles. The van der Waals surface area contributed by atoms with Crippen molar-refractivity contribution in [1.29, 1.82) is 0 Å². The molecule has 0 aromatic carbocycles. The second-order valence-corrected chi connectivity index (χ2v) is 7.43. The van der Waals surface area contributed by atoms with Gasteiger partial charge in [-0.15, -0.1) is 0 Å².